The topological polar surface area (TPSA) is 53.5 Å². The molecule has 0 bridgehead atoms. The third-order valence-electron chi connectivity index (χ3n) is 6.52. The molecule has 3 heterocycles. The van der Waals surface area contributed by atoms with E-state index in [9.17, 15) is 14.0 Å². The summed E-state index contributed by atoms with van der Waals surface area (Å²) in [7, 11) is 0. The maximum atomic E-state index is 13.9. The predicted octanol–water partition coefficient (Wildman–Crippen LogP) is 2.83. The standard InChI is InChI=1S/C23H24FN3O2/c24-19-3-1-2-17(11-19)22-20-14-26(21(28)10-15-6-8-25-9-7-15)12-18(20)13-27(22)23(29)16-4-5-16/h1-3,6-9,11,16,18,20,22H,4-5,10,12-14H2/t18-,20-,22+/m0/s1. The summed E-state index contributed by atoms with van der Waals surface area (Å²) in [5.74, 6) is 0.544. The lowest BCUT2D eigenvalue weighted by Gasteiger charge is -2.30. The van der Waals surface area contributed by atoms with Gasteiger partial charge in [-0.15, -0.1) is 0 Å². The molecule has 1 saturated carbocycles. The first-order valence-corrected chi connectivity index (χ1v) is 10.3. The van der Waals surface area contributed by atoms with Crippen molar-refractivity contribution in [3.63, 3.8) is 0 Å². The Hall–Kier alpha value is -2.76. The summed E-state index contributed by atoms with van der Waals surface area (Å²) in [5.41, 5.74) is 1.80. The minimum absolute atomic E-state index is 0.101. The van der Waals surface area contributed by atoms with Crippen molar-refractivity contribution >= 4 is 11.8 Å². The monoisotopic (exact) mass is 393 g/mol. The summed E-state index contributed by atoms with van der Waals surface area (Å²) in [6.07, 6.45) is 5.66. The number of rotatable bonds is 4. The average Bonchev–Trinajstić information content (AvgIpc) is 3.39. The van der Waals surface area contributed by atoms with Gasteiger partial charge in [-0.1, -0.05) is 12.1 Å². The zero-order valence-corrected chi connectivity index (χ0v) is 16.2. The van der Waals surface area contributed by atoms with Crippen molar-refractivity contribution < 1.29 is 14.0 Å². The summed E-state index contributed by atoms with van der Waals surface area (Å²) in [5, 5.41) is 0. The van der Waals surface area contributed by atoms with E-state index in [1.54, 1.807) is 24.5 Å². The molecule has 3 atom stereocenters. The van der Waals surface area contributed by atoms with Crippen LogP contribution in [0.15, 0.2) is 48.8 Å². The highest BCUT2D eigenvalue weighted by molar-refractivity contribution is 5.82. The molecule has 5 nitrogen and oxygen atoms in total. The molecule has 3 fully saturated rings. The molecule has 2 aromatic rings. The van der Waals surface area contributed by atoms with Gasteiger partial charge in [0.1, 0.15) is 5.82 Å². The van der Waals surface area contributed by atoms with Crippen molar-refractivity contribution in [2.45, 2.75) is 25.3 Å². The second-order valence-corrected chi connectivity index (χ2v) is 8.52. The molecule has 1 aromatic carbocycles. The number of carbonyl (C=O) groups is 2. The van der Waals surface area contributed by atoms with Gasteiger partial charge >= 0.3 is 0 Å². The fraction of sp³-hybridized carbons (Fsp3) is 0.435. The van der Waals surface area contributed by atoms with Gasteiger partial charge in [0.15, 0.2) is 0 Å². The Labute approximate surface area is 169 Å². The van der Waals surface area contributed by atoms with Gasteiger partial charge in [0.25, 0.3) is 0 Å². The molecule has 2 aliphatic heterocycles. The summed E-state index contributed by atoms with van der Waals surface area (Å²) >= 11 is 0. The van der Waals surface area contributed by atoms with Crippen LogP contribution in [-0.2, 0) is 16.0 Å². The van der Waals surface area contributed by atoms with Crippen LogP contribution in [0, 0.1) is 23.6 Å². The van der Waals surface area contributed by atoms with Crippen LogP contribution in [0.1, 0.15) is 30.0 Å². The average molecular weight is 393 g/mol. The highest BCUT2D eigenvalue weighted by Crippen LogP contribution is 2.47. The minimum atomic E-state index is -0.284. The van der Waals surface area contributed by atoms with Crippen molar-refractivity contribution in [2.24, 2.45) is 17.8 Å². The summed E-state index contributed by atoms with van der Waals surface area (Å²) in [6.45, 7) is 1.93. The Balaban J connectivity index is 1.37. The van der Waals surface area contributed by atoms with Gasteiger partial charge in [-0.05, 0) is 48.2 Å². The van der Waals surface area contributed by atoms with Crippen molar-refractivity contribution in [3.05, 3.63) is 65.7 Å². The molecule has 5 rings (SSSR count). The first kappa shape index (κ1) is 18.3. The van der Waals surface area contributed by atoms with E-state index in [4.69, 9.17) is 0 Å². The maximum Gasteiger partial charge on any atom is 0.227 e. The first-order valence-electron chi connectivity index (χ1n) is 10.3. The SMILES string of the molecule is O=C(Cc1ccncc1)N1C[C@H]2CN(C(=O)C3CC3)[C@H](c3cccc(F)c3)[C@H]2C1. The lowest BCUT2D eigenvalue weighted by Crippen LogP contribution is -2.38. The molecule has 2 amide bonds. The quantitative estimate of drug-likeness (QED) is 0.803. The second kappa shape index (κ2) is 7.25. The van der Waals surface area contributed by atoms with Gasteiger partial charge in [-0.2, -0.15) is 0 Å². The minimum Gasteiger partial charge on any atom is -0.342 e. The Bertz CT molecular complexity index is 931. The maximum absolute atomic E-state index is 13.9. The van der Waals surface area contributed by atoms with E-state index >= 15 is 0 Å². The normalized spacial score (nSPS) is 25.9. The summed E-state index contributed by atoms with van der Waals surface area (Å²) in [4.78, 5) is 33.6. The number of amides is 2. The molecule has 0 spiro atoms. The predicted molar refractivity (Wildman–Crippen MR) is 105 cm³/mol. The lowest BCUT2D eigenvalue weighted by molar-refractivity contribution is -0.134. The zero-order valence-electron chi connectivity index (χ0n) is 16.2. The molecule has 2 saturated heterocycles. The smallest absolute Gasteiger partial charge is 0.227 e. The Kier molecular flexibility index (Phi) is 4.57. The van der Waals surface area contributed by atoms with Crippen LogP contribution in [-0.4, -0.2) is 46.2 Å². The highest BCUT2D eigenvalue weighted by atomic mass is 19.1. The highest BCUT2D eigenvalue weighted by Gasteiger charge is 2.51. The zero-order chi connectivity index (χ0) is 20.0. The van der Waals surface area contributed by atoms with Gasteiger partial charge in [0.2, 0.25) is 11.8 Å². The number of benzene rings is 1. The van der Waals surface area contributed by atoms with E-state index in [0.717, 1.165) is 24.0 Å². The van der Waals surface area contributed by atoms with Crippen molar-refractivity contribution in [2.75, 3.05) is 19.6 Å². The molecule has 1 aromatic heterocycles. The van der Waals surface area contributed by atoms with Crippen LogP contribution >= 0.6 is 0 Å². The number of nitrogens with zero attached hydrogens (tertiary/aromatic N) is 3. The second-order valence-electron chi connectivity index (χ2n) is 8.52. The molecular formula is C23H24FN3O2. The van der Waals surface area contributed by atoms with Gasteiger partial charge in [-0.25, -0.2) is 4.39 Å². The molecule has 0 N–H and O–H groups in total. The van der Waals surface area contributed by atoms with Crippen LogP contribution in [0.3, 0.4) is 0 Å². The van der Waals surface area contributed by atoms with E-state index in [-0.39, 0.29) is 41.4 Å². The van der Waals surface area contributed by atoms with E-state index in [1.165, 1.54) is 6.07 Å². The third-order valence-corrected chi connectivity index (χ3v) is 6.52. The van der Waals surface area contributed by atoms with E-state index < -0.39 is 0 Å². The van der Waals surface area contributed by atoms with E-state index in [2.05, 4.69) is 4.98 Å². The number of halogens is 1. The lowest BCUT2D eigenvalue weighted by atomic mass is 9.89. The van der Waals surface area contributed by atoms with Crippen LogP contribution in [0.25, 0.3) is 0 Å². The van der Waals surface area contributed by atoms with Gasteiger partial charge in [-0.3, -0.25) is 14.6 Å². The Morgan fingerprint density at radius 3 is 2.59 bits per heavy atom. The van der Waals surface area contributed by atoms with Crippen LogP contribution in [0.2, 0.25) is 0 Å². The number of carbonyl (C=O) groups excluding carboxylic acids is 2. The van der Waals surface area contributed by atoms with Crippen LogP contribution in [0.5, 0.6) is 0 Å². The third kappa shape index (κ3) is 3.52. The summed E-state index contributed by atoms with van der Waals surface area (Å²) < 4.78 is 13.9. The largest absolute Gasteiger partial charge is 0.342 e. The fourth-order valence-corrected chi connectivity index (χ4v) is 4.94. The summed E-state index contributed by atoms with van der Waals surface area (Å²) in [6, 6.07) is 10.2. The Morgan fingerprint density at radius 1 is 1.07 bits per heavy atom. The number of hydrogen-bond donors (Lipinski definition) is 0. The molecule has 0 unspecified atom stereocenters. The number of aromatic nitrogens is 1. The molecule has 1 aliphatic carbocycles. The molecular weight excluding hydrogens is 369 g/mol. The molecule has 150 valence electrons. The number of hydrogen-bond acceptors (Lipinski definition) is 3. The van der Waals surface area contributed by atoms with Crippen molar-refractivity contribution in [3.8, 4) is 0 Å². The first-order chi connectivity index (χ1) is 14.1. The Morgan fingerprint density at radius 2 is 1.86 bits per heavy atom. The van der Waals surface area contributed by atoms with Gasteiger partial charge in [0, 0.05) is 49.8 Å². The van der Waals surface area contributed by atoms with Gasteiger partial charge < -0.3 is 9.80 Å². The molecule has 3 aliphatic rings. The van der Waals surface area contributed by atoms with Crippen molar-refractivity contribution in [1.29, 1.82) is 0 Å². The molecule has 0 radical (unpaired) electrons. The molecule has 6 heteroatoms. The van der Waals surface area contributed by atoms with E-state index in [1.807, 2.05) is 28.0 Å². The van der Waals surface area contributed by atoms with Crippen LogP contribution < -0.4 is 0 Å². The van der Waals surface area contributed by atoms with Crippen molar-refractivity contribution in [1.82, 2.24) is 14.8 Å². The number of likely N-dealkylation sites (tertiary alicyclic amines) is 2. The number of fused-ring (bicyclic) bond motifs is 1. The fourth-order valence-electron chi connectivity index (χ4n) is 4.94. The molecule has 29 heavy (non-hydrogen) atoms. The van der Waals surface area contributed by atoms with Crippen LogP contribution in [0.4, 0.5) is 4.39 Å². The number of pyridine rings is 1. The van der Waals surface area contributed by atoms with Gasteiger partial charge in [0.05, 0.1) is 12.5 Å². The van der Waals surface area contributed by atoms with E-state index in [0.29, 0.717) is 26.1 Å².